The van der Waals surface area contributed by atoms with E-state index in [0.717, 1.165) is 12.8 Å². The van der Waals surface area contributed by atoms with E-state index >= 15 is 0 Å². The predicted octanol–water partition coefficient (Wildman–Crippen LogP) is 0.508. The van der Waals surface area contributed by atoms with Gasteiger partial charge in [0, 0.05) is 12.1 Å². The summed E-state index contributed by atoms with van der Waals surface area (Å²) >= 11 is 0. The van der Waals surface area contributed by atoms with Crippen LogP contribution in [0.1, 0.15) is 33.6 Å². The second-order valence-electron chi connectivity index (χ2n) is 3.38. The van der Waals surface area contributed by atoms with E-state index in [1.807, 2.05) is 13.8 Å². The fourth-order valence-corrected chi connectivity index (χ4v) is 1.14. The minimum absolute atomic E-state index is 0.132. The van der Waals surface area contributed by atoms with Crippen LogP contribution in [0.15, 0.2) is 0 Å². The van der Waals surface area contributed by atoms with Crippen LogP contribution >= 0.6 is 0 Å². The summed E-state index contributed by atoms with van der Waals surface area (Å²) in [6, 6.07) is 0. The highest BCUT2D eigenvalue weighted by Gasteiger charge is 2.24. The predicted molar refractivity (Wildman–Crippen MR) is 50.1 cm³/mol. The Morgan fingerprint density at radius 1 is 1.33 bits per heavy atom. The monoisotopic (exact) mass is 175 g/mol. The largest absolute Gasteiger partial charge is 0.394 e. The summed E-state index contributed by atoms with van der Waals surface area (Å²) in [5, 5.41) is 21.4. The summed E-state index contributed by atoms with van der Waals surface area (Å²) in [4.78, 5) is 0. The lowest BCUT2D eigenvalue weighted by Crippen LogP contribution is -2.49. The molecule has 0 fully saturated rings. The summed E-state index contributed by atoms with van der Waals surface area (Å²) in [6.07, 6.45) is 1.41. The molecule has 0 radical (unpaired) electrons. The molecular formula is C9H21NO2. The van der Waals surface area contributed by atoms with Crippen molar-refractivity contribution in [2.24, 2.45) is 0 Å². The van der Waals surface area contributed by atoms with Gasteiger partial charge in [0.1, 0.15) is 0 Å². The number of aliphatic hydroxyl groups excluding tert-OH is 2. The van der Waals surface area contributed by atoms with Gasteiger partial charge in [0.15, 0.2) is 0 Å². The quantitative estimate of drug-likeness (QED) is 0.551. The summed E-state index contributed by atoms with van der Waals surface area (Å²) in [6.45, 7) is 6.49. The van der Waals surface area contributed by atoms with Gasteiger partial charge in [-0.05, 0) is 19.8 Å². The van der Waals surface area contributed by atoms with E-state index < -0.39 is 0 Å². The summed E-state index contributed by atoms with van der Waals surface area (Å²) in [5.74, 6) is 0. The fourth-order valence-electron chi connectivity index (χ4n) is 1.14. The van der Waals surface area contributed by atoms with E-state index in [0.29, 0.717) is 6.54 Å². The van der Waals surface area contributed by atoms with E-state index in [1.54, 1.807) is 6.92 Å². The summed E-state index contributed by atoms with van der Waals surface area (Å²) in [7, 11) is 0. The van der Waals surface area contributed by atoms with Crippen LogP contribution in [0.5, 0.6) is 0 Å². The number of hydrogen-bond donors (Lipinski definition) is 3. The Bertz CT molecular complexity index is 103. The third kappa shape index (κ3) is 3.52. The Morgan fingerprint density at radius 2 is 1.83 bits per heavy atom. The molecule has 0 spiro atoms. The van der Waals surface area contributed by atoms with Gasteiger partial charge in [-0.25, -0.2) is 0 Å². The topological polar surface area (TPSA) is 52.5 Å². The molecule has 0 rings (SSSR count). The molecule has 0 saturated heterocycles. The normalized spacial score (nSPS) is 14.8. The first kappa shape index (κ1) is 11.9. The highest BCUT2D eigenvalue weighted by molar-refractivity contribution is 4.84. The molecule has 0 aliphatic heterocycles. The molecule has 3 heteroatoms. The van der Waals surface area contributed by atoms with Gasteiger partial charge in [-0.1, -0.05) is 13.8 Å². The van der Waals surface area contributed by atoms with Gasteiger partial charge in [-0.2, -0.15) is 0 Å². The van der Waals surface area contributed by atoms with Gasteiger partial charge in [-0.15, -0.1) is 0 Å². The van der Waals surface area contributed by atoms with Crippen molar-refractivity contribution in [2.45, 2.75) is 45.3 Å². The van der Waals surface area contributed by atoms with Crippen LogP contribution in [0.2, 0.25) is 0 Å². The van der Waals surface area contributed by atoms with Gasteiger partial charge in [-0.3, -0.25) is 0 Å². The van der Waals surface area contributed by atoms with Gasteiger partial charge in [0.25, 0.3) is 0 Å². The number of nitrogens with one attached hydrogen (secondary N) is 1. The molecule has 12 heavy (non-hydrogen) atoms. The molecule has 0 heterocycles. The van der Waals surface area contributed by atoms with Crippen LogP contribution in [-0.2, 0) is 0 Å². The van der Waals surface area contributed by atoms with E-state index in [2.05, 4.69) is 5.32 Å². The first-order chi connectivity index (χ1) is 5.60. The molecule has 0 aromatic carbocycles. The lowest BCUT2D eigenvalue weighted by Gasteiger charge is -2.31. The van der Waals surface area contributed by atoms with Crippen molar-refractivity contribution in [3.8, 4) is 0 Å². The van der Waals surface area contributed by atoms with Crippen molar-refractivity contribution in [3.63, 3.8) is 0 Å². The Kier molecular flexibility index (Phi) is 5.46. The van der Waals surface area contributed by atoms with Crippen LogP contribution in [0, 0.1) is 0 Å². The minimum Gasteiger partial charge on any atom is -0.394 e. The number of aliphatic hydroxyl groups is 2. The van der Waals surface area contributed by atoms with Crippen LogP contribution in [0.25, 0.3) is 0 Å². The molecule has 0 aromatic heterocycles. The smallest absolute Gasteiger partial charge is 0.0636 e. The third-order valence-electron chi connectivity index (χ3n) is 2.43. The zero-order chi connectivity index (χ0) is 9.61. The molecule has 1 unspecified atom stereocenters. The van der Waals surface area contributed by atoms with Crippen molar-refractivity contribution in [2.75, 3.05) is 13.2 Å². The first-order valence-electron chi connectivity index (χ1n) is 4.64. The van der Waals surface area contributed by atoms with Crippen molar-refractivity contribution in [1.29, 1.82) is 0 Å². The van der Waals surface area contributed by atoms with Crippen molar-refractivity contribution < 1.29 is 10.2 Å². The Balaban J connectivity index is 3.93. The molecule has 0 saturated carbocycles. The second-order valence-corrected chi connectivity index (χ2v) is 3.38. The van der Waals surface area contributed by atoms with E-state index in [-0.39, 0.29) is 18.2 Å². The van der Waals surface area contributed by atoms with E-state index in [4.69, 9.17) is 10.2 Å². The van der Waals surface area contributed by atoms with Gasteiger partial charge >= 0.3 is 0 Å². The second kappa shape index (κ2) is 5.51. The average molecular weight is 175 g/mol. The maximum Gasteiger partial charge on any atom is 0.0636 e. The van der Waals surface area contributed by atoms with Crippen LogP contribution < -0.4 is 5.32 Å². The lowest BCUT2D eigenvalue weighted by atomic mass is 9.94. The van der Waals surface area contributed by atoms with Crippen molar-refractivity contribution in [1.82, 2.24) is 5.32 Å². The molecule has 0 bridgehead atoms. The lowest BCUT2D eigenvalue weighted by molar-refractivity contribution is 0.121. The number of hydrogen-bond acceptors (Lipinski definition) is 3. The Labute approximate surface area is 74.8 Å². The molecule has 0 aliphatic rings. The van der Waals surface area contributed by atoms with Crippen molar-refractivity contribution >= 4 is 0 Å². The standard InChI is InChI=1S/C9H21NO2/c1-4-9(5-2,7-11)10-6-8(3)12/h8,10-12H,4-7H2,1-3H3. The highest BCUT2D eigenvalue weighted by atomic mass is 16.3. The third-order valence-corrected chi connectivity index (χ3v) is 2.43. The van der Waals surface area contributed by atoms with E-state index in [9.17, 15) is 0 Å². The van der Waals surface area contributed by atoms with Gasteiger partial charge in [0.05, 0.1) is 12.7 Å². The van der Waals surface area contributed by atoms with Crippen LogP contribution in [0.4, 0.5) is 0 Å². The molecule has 3 nitrogen and oxygen atoms in total. The molecule has 0 aliphatic carbocycles. The zero-order valence-corrected chi connectivity index (χ0v) is 8.30. The highest BCUT2D eigenvalue weighted by Crippen LogP contribution is 2.13. The average Bonchev–Trinajstić information content (AvgIpc) is 2.08. The SMILES string of the molecule is CCC(CC)(CO)NCC(C)O. The van der Waals surface area contributed by atoms with Gasteiger partial charge < -0.3 is 15.5 Å². The summed E-state index contributed by atoms with van der Waals surface area (Å²) < 4.78 is 0. The minimum atomic E-state index is -0.353. The maximum absolute atomic E-state index is 9.15. The molecule has 3 N–H and O–H groups in total. The first-order valence-corrected chi connectivity index (χ1v) is 4.64. The van der Waals surface area contributed by atoms with Crippen LogP contribution in [-0.4, -0.2) is 35.0 Å². The Hall–Kier alpha value is -0.120. The molecule has 1 atom stereocenters. The van der Waals surface area contributed by atoms with E-state index in [1.165, 1.54) is 0 Å². The zero-order valence-electron chi connectivity index (χ0n) is 8.30. The maximum atomic E-state index is 9.15. The molecule has 0 amide bonds. The molecule has 74 valence electrons. The Morgan fingerprint density at radius 3 is 2.08 bits per heavy atom. The number of rotatable bonds is 6. The number of β-amino-alcohol motifs (C(OH)–C–C–N with tert-alkyl or cyclic N) is 1. The summed E-state index contributed by atoms with van der Waals surface area (Å²) in [5.41, 5.74) is -0.197. The van der Waals surface area contributed by atoms with Crippen molar-refractivity contribution in [3.05, 3.63) is 0 Å². The fraction of sp³-hybridized carbons (Fsp3) is 1.00. The van der Waals surface area contributed by atoms with Gasteiger partial charge in [0.2, 0.25) is 0 Å². The van der Waals surface area contributed by atoms with Crippen LogP contribution in [0.3, 0.4) is 0 Å². The molecule has 0 aromatic rings. The molecular weight excluding hydrogens is 154 g/mol.